The average Bonchev–Trinajstić information content (AvgIpc) is 2.99. The zero-order valence-corrected chi connectivity index (χ0v) is 12.2. The number of pyridine rings is 1. The molecule has 3 aromatic rings. The van der Waals surface area contributed by atoms with E-state index in [2.05, 4.69) is 21.9 Å². The van der Waals surface area contributed by atoms with Gasteiger partial charge < -0.3 is 10.7 Å². The minimum Gasteiger partial charge on any atom is -0.390 e. The number of fused-ring (bicyclic) bond motifs is 2. The van der Waals surface area contributed by atoms with Gasteiger partial charge in [-0.05, 0) is 49.8 Å². The molecule has 4 rings (SSSR count). The number of nitrogens with one attached hydrogen (secondary N) is 1. The van der Waals surface area contributed by atoms with Gasteiger partial charge in [-0.2, -0.15) is 0 Å². The molecule has 3 aromatic heterocycles. The van der Waals surface area contributed by atoms with Crippen LogP contribution in [0.3, 0.4) is 0 Å². The molecule has 0 saturated heterocycles. The number of hydrogen-bond donors (Lipinski definition) is 2. The predicted octanol–water partition coefficient (Wildman–Crippen LogP) is 3.46. The van der Waals surface area contributed by atoms with Crippen LogP contribution in [-0.2, 0) is 12.8 Å². The Morgan fingerprint density at radius 3 is 3.00 bits per heavy atom. The van der Waals surface area contributed by atoms with E-state index in [4.69, 9.17) is 5.73 Å². The summed E-state index contributed by atoms with van der Waals surface area (Å²) in [6.07, 6.45) is 6.58. The number of nitrogens with zero attached hydrogens (tertiary/aromatic N) is 2. The van der Waals surface area contributed by atoms with Crippen molar-refractivity contribution in [3.05, 3.63) is 28.3 Å². The number of rotatable bonds is 1. The van der Waals surface area contributed by atoms with Gasteiger partial charge in [0.2, 0.25) is 0 Å². The highest BCUT2D eigenvalue weighted by molar-refractivity contribution is 7.16. The van der Waals surface area contributed by atoms with Gasteiger partial charge in [-0.1, -0.05) is 0 Å². The smallest absolute Gasteiger partial charge is 0.178 e. The maximum atomic E-state index is 6.25. The van der Waals surface area contributed by atoms with Crippen LogP contribution in [0.15, 0.2) is 12.3 Å². The lowest BCUT2D eigenvalue weighted by molar-refractivity contribution is 0.698. The number of aromatic amines is 1. The van der Waals surface area contributed by atoms with E-state index in [0.29, 0.717) is 0 Å². The molecule has 3 heterocycles. The molecule has 1 aliphatic carbocycles. The van der Waals surface area contributed by atoms with E-state index in [1.54, 1.807) is 17.5 Å². The number of imidazole rings is 1. The van der Waals surface area contributed by atoms with E-state index >= 15 is 0 Å². The molecule has 0 bridgehead atoms. The van der Waals surface area contributed by atoms with Crippen molar-refractivity contribution in [1.29, 1.82) is 0 Å². The summed E-state index contributed by atoms with van der Waals surface area (Å²) in [6, 6.07) is 2.00. The SMILES string of the molecule is Cc1ccnc2nc(-c3c(N)sc4c3CCCC4)[nH]c12. The van der Waals surface area contributed by atoms with E-state index in [9.17, 15) is 0 Å². The van der Waals surface area contributed by atoms with Crippen LogP contribution in [0.2, 0.25) is 0 Å². The molecule has 20 heavy (non-hydrogen) atoms. The fourth-order valence-electron chi connectivity index (χ4n) is 3.00. The minimum atomic E-state index is 0.773. The molecule has 0 atom stereocenters. The third-order valence-corrected chi connectivity index (χ3v) is 5.16. The van der Waals surface area contributed by atoms with Gasteiger partial charge in [-0.25, -0.2) is 9.97 Å². The largest absolute Gasteiger partial charge is 0.390 e. The van der Waals surface area contributed by atoms with Crippen molar-refractivity contribution in [3.8, 4) is 11.4 Å². The number of aromatic nitrogens is 3. The van der Waals surface area contributed by atoms with Crippen LogP contribution in [0.5, 0.6) is 0 Å². The van der Waals surface area contributed by atoms with Crippen LogP contribution in [0, 0.1) is 6.92 Å². The third kappa shape index (κ3) is 1.66. The molecule has 0 aromatic carbocycles. The molecule has 102 valence electrons. The summed E-state index contributed by atoms with van der Waals surface area (Å²) in [7, 11) is 0. The van der Waals surface area contributed by atoms with Gasteiger partial charge in [0.05, 0.1) is 16.1 Å². The van der Waals surface area contributed by atoms with Gasteiger partial charge in [-0.15, -0.1) is 11.3 Å². The summed E-state index contributed by atoms with van der Waals surface area (Å²) in [5, 5.41) is 0.883. The summed E-state index contributed by atoms with van der Waals surface area (Å²) in [6.45, 7) is 2.07. The molecule has 3 N–H and O–H groups in total. The Balaban J connectivity index is 1.95. The van der Waals surface area contributed by atoms with Crippen LogP contribution >= 0.6 is 11.3 Å². The van der Waals surface area contributed by atoms with Crippen molar-refractivity contribution < 1.29 is 0 Å². The number of nitrogen functional groups attached to an aromatic ring is 1. The second kappa shape index (κ2) is 4.31. The van der Waals surface area contributed by atoms with Gasteiger partial charge in [0.15, 0.2) is 5.65 Å². The lowest BCUT2D eigenvalue weighted by Crippen LogP contribution is -2.00. The Bertz CT molecular complexity index is 800. The van der Waals surface area contributed by atoms with Crippen molar-refractivity contribution in [2.45, 2.75) is 32.6 Å². The van der Waals surface area contributed by atoms with E-state index in [-0.39, 0.29) is 0 Å². The molecule has 0 aliphatic heterocycles. The highest BCUT2D eigenvalue weighted by Gasteiger charge is 2.22. The van der Waals surface area contributed by atoms with Crippen LogP contribution < -0.4 is 5.73 Å². The summed E-state index contributed by atoms with van der Waals surface area (Å²) in [5.41, 5.74) is 11.7. The normalized spacial score (nSPS) is 14.7. The highest BCUT2D eigenvalue weighted by atomic mass is 32.1. The van der Waals surface area contributed by atoms with Gasteiger partial charge in [0.25, 0.3) is 0 Å². The van der Waals surface area contributed by atoms with Crippen molar-refractivity contribution in [1.82, 2.24) is 15.0 Å². The number of thiophene rings is 1. The fourth-order valence-corrected chi connectivity index (χ4v) is 4.16. The molecule has 0 spiro atoms. The molecule has 0 amide bonds. The number of aryl methyl sites for hydroxylation is 2. The van der Waals surface area contributed by atoms with Gasteiger partial charge in [0.1, 0.15) is 5.82 Å². The first-order chi connectivity index (χ1) is 9.74. The Hall–Kier alpha value is -1.88. The van der Waals surface area contributed by atoms with Crippen LogP contribution in [0.1, 0.15) is 28.8 Å². The van der Waals surface area contributed by atoms with Crippen molar-refractivity contribution in [2.24, 2.45) is 0 Å². The third-order valence-electron chi connectivity index (χ3n) is 4.04. The lowest BCUT2D eigenvalue weighted by Gasteiger charge is -2.11. The van der Waals surface area contributed by atoms with Gasteiger partial charge in [-0.3, -0.25) is 0 Å². The molecule has 0 fully saturated rings. The standard InChI is InChI=1S/C15H16N4S/c1-8-6-7-17-15-12(8)18-14(19-15)11-9-4-2-3-5-10(9)20-13(11)16/h6-7H,2-5,16H2,1H3,(H,17,18,19). The van der Waals surface area contributed by atoms with Crippen molar-refractivity contribution >= 4 is 27.5 Å². The molecular weight excluding hydrogens is 268 g/mol. The molecule has 0 saturated carbocycles. The van der Waals surface area contributed by atoms with Gasteiger partial charge >= 0.3 is 0 Å². The van der Waals surface area contributed by atoms with E-state index in [0.717, 1.165) is 46.0 Å². The average molecular weight is 284 g/mol. The first-order valence-electron chi connectivity index (χ1n) is 6.96. The zero-order chi connectivity index (χ0) is 13.7. The zero-order valence-electron chi connectivity index (χ0n) is 11.4. The summed E-state index contributed by atoms with van der Waals surface area (Å²) in [5.74, 6) is 0.874. The molecule has 0 unspecified atom stereocenters. The van der Waals surface area contributed by atoms with Crippen molar-refractivity contribution in [3.63, 3.8) is 0 Å². The molecular formula is C15H16N4S. The van der Waals surface area contributed by atoms with Gasteiger partial charge in [0, 0.05) is 11.1 Å². The second-order valence-electron chi connectivity index (χ2n) is 5.36. The first kappa shape index (κ1) is 11.9. The molecule has 5 heteroatoms. The van der Waals surface area contributed by atoms with Crippen LogP contribution in [-0.4, -0.2) is 15.0 Å². The number of anilines is 1. The predicted molar refractivity (Wildman–Crippen MR) is 83.0 cm³/mol. The summed E-state index contributed by atoms with van der Waals surface area (Å²) >= 11 is 1.72. The minimum absolute atomic E-state index is 0.773. The fraction of sp³-hybridized carbons (Fsp3) is 0.333. The second-order valence-corrected chi connectivity index (χ2v) is 6.50. The Morgan fingerprint density at radius 1 is 1.30 bits per heavy atom. The Morgan fingerprint density at radius 2 is 2.15 bits per heavy atom. The maximum Gasteiger partial charge on any atom is 0.178 e. The van der Waals surface area contributed by atoms with Crippen molar-refractivity contribution in [2.75, 3.05) is 5.73 Å². The van der Waals surface area contributed by atoms with Crippen LogP contribution in [0.4, 0.5) is 5.00 Å². The Labute approximate surface area is 121 Å². The summed E-state index contributed by atoms with van der Waals surface area (Å²) < 4.78 is 0. The highest BCUT2D eigenvalue weighted by Crippen LogP contribution is 2.41. The molecule has 1 aliphatic rings. The number of H-pyrrole nitrogens is 1. The molecule has 0 radical (unpaired) electrons. The number of hydrogen-bond acceptors (Lipinski definition) is 4. The quantitative estimate of drug-likeness (QED) is 0.719. The number of nitrogens with two attached hydrogens (primary N) is 1. The molecule has 4 nitrogen and oxygen atoms in total. The van der Waals surface area contributed by atoms with E-state index in [1.165, 1.54) is 23.3 Å². The maximum absolute atomic E-state index is 6.25. The first-order valence-corrected chi connectivity index (χ1v) is 7.77. The topological polar surface area (TPSA) is 67.6 Å². The van der Waals surface area contributed by atoms with E-state index in [1.807, 2.05) is 6.07 Å². The van der Waals surface area contributed by atoms with E-state index < -0.39 is 0 Å². The monoisotopic (exact) mass is 284 g/mol. The van der Waals surface area contributed by atoms with Crippen LogP contribution in [0.25, 0.3) is 22.6 Å². The Kier molecular flexibility index (Phi) is 2.57. The lowest BCUT2D eigenvalue weighted by atomic mass is 9.95. The summed E-state index contributed by atoms with van der Waals surface area (Å²) in [4.78, 5) is 13.8.